The average molecular weight is 264 g/mol. The number of nitrogens with one attached hydrogen (secondary N) is 1. The second-order valence-electron chi connectivity index (χ2n) is 5.75. The van der Waals surface area contributed by atoms with E-state index in [1.807, 2.05) is 24.6 Å². The number of amides is 1. The van der Waals surface area contributed by atoms with Crippen LogP contribution in [0.2, 0.25) is 0 Å². The molecule has 5 nitrogen and oxygen atoms in total. The van der Waals surface area contributed by atoms with Gasteiger partial charge in [0.2, 0.25) is 5.91 Å². The molecule has 0 unspecified atom stereocenters. The van der Waals surface area contributed by atoms with Gasteiger partial charge in [-0.2, -0.15) is 5.10 Å². The average Bonchev–Trinajstić information content (AvgIpc) is 2.87. The summed E-state index contributed by atoms with van der Waals surface area (Å²) in [6.07, 6.45) is 6.89. The Morgan fingerprint density at radius 3 is 2.74 bits per heavy atom. The van der Waals surface area contributed by atoms with Crippen LogP contribution in [-0.2, 0) is 4.79 Å². The van der Waals surface area contributed by atoms with Gasteiger partial charge in [0.1, 0.15) is 5.82 Å². The smallest absolute Gasteiger partial charge is 0.233 e. The van der Waals surface area contributed by atoms with Gasteiger partial charge in [-0.3, -0.25) is 4.79 Å². The maximum Gasteiger partial charge on any atom is 0.233 e. The molecule has 2 rings (SSSR count). The van der Waals surface area contributed by atoms with E-state index in [4.69, 9.17) is 5.73 Å². The predicted molar refractivity (Wildman–Crippen MR) is 75.8 cm³/mol. The summed E-state index contributed by atoms with van der Waals surface area (Å²) < 4.78 is 1.82. The lowest BCUT2D eigenvalue weighted by molar-refractivity contribution is -0.126. The van der Waals surface area contributed by atoms with Crippen molar-refractivity contribution in [2.75, 3.05) is 11.9 Å². The number of carbonyl (C=O) groups is 1. The minimum absolute atomic E-state index is 0.0529. The van der Waals surface area contributed by atoms with Gasteiger partial charge >= 0.3 is 0 Å². The molecule has 5 heteroatoms. The number of anilines is 1. The zero-order valence-corrected chi connectivity index (χ0v) is 11.9. The minimum Gasteiger partial charge on any atom is -0.329 e. The highest BCUT2D eigenvalue weighted by Gasteiger charge is 2.38. The predicted octanol–water partition coefficient (Wildman–Crippen LogP) is 2.31. The fourth-order valence-corrected chi connectivity index (χ4v) is 2.83. The molecule has 0 bridgehead atoms. The Labute approximate surface area is 114 Å². The molecule has 0 atom stereocenters. The molecule has 1 aromatic heterocycles. The number of rotatable bonds is 4. The minimum atomic E-state index is -0.385. The third-order valence-corrected chi connectivity index (χ3v) is 4.08. The molecule has 1 amide bonds. The van der Waals surface area contributed by atoms with Gasteiger partial charge in [0, 0.05) is 18.7 Å². The summed E-state index contributed by atoms with van der Waals surface area (Å²) in [5.74, 6) is 0.815. The summed E-state index contributed by atoms with van der Waals surface area (Å²) in [6.45, 7) is 4.51. The fraction of sp³-hybridized carbons (Fsp3) is 0.714. The summed E-state index contributed by atoms with van der Waals surface area (Å²) in [7, 11) is 0. The van der Waals surface area contributed by atoms with Crippen molar-refractivity contribution < 1.29 is 4.79 Å². The van der Waals surface area contributed by atoms with Crippen molar-refractivity contribution in [1.82, 2.24) is 9.78 Å². The number of aromatic nitrogens is 2. The van der Waals surface area contributed by atoms with Gasteiger partial charge < -0.3 is 11.1 Å². The quantitative estimate of drug-likeness (QED) is 0.876. The van der Waals surface area contributed by atoms with E-state index in [1.165, 1.54) is 6.42 Å². The third-order valence-electron chi connectivity index (χ3n) is 4.08. The van der Waals surface area contributed by atoms with Crippen LogP contribution in [0.15, 0.2) is 12.3 Å². The monoisotopic (exact) mass is 264 g/mol. The van der Waals surface area contributed by atoms with E-state index >= 15 is 0 Å². The second kappa shape index (κ2) is 5.74. The van der Waals surface area contributed by atoms with Crippen molar-refractivity contribution in [3.05, 3.63) is 12.3 Å². The molecule has 1 aromatic rings. The number of nitrogens with two attached hydrogens (primary N) is 1. The van der Waals surface area contributed by atoms with Crippen LogP contribution < -0.4 is 11.1 Å². The van der Waals surface area contributed by atoms with Crippen LogP contribution in [0.3, 0.4) is 0 Å². The zero-order valence-electron chi connectivity index (χ0n) is 11.9. The molecular weight excluding hydrogens is 240 g/mol. The first-order chi connectivity index (χ1) is 9.09. The Hall–Kier alpha value is -1.36. The highest BCUT2D eigenvalue weighted by molar-refractivity contribution is 5.94. The van der Waals surface area contributed by atoms with E-state index in [9.17, 15) is 4.79 Å². The maximum absolute atomic E-state index is 12.6. The van der Waals surface area contributed by atoms with Crippen molar-refractivity contribution in [3.63, 3.8) is 0 Å². The lowest BCUT2D eigenvalue weighted by atomic mass is 9.73. The third kappa shape index (κ3) is 2.81. The Morgan fingerprint density at radius 1 is 1.47 bits per heavy atom. The maximum atomic E-state index is 12.6. The molecule has 0 saturated heterocycles. The Morgan fingerprint density at radius 2 is 2.16 bits per heavy atom. The van der Waals surface area contributed by atoms with Gasteiger partial charge in [0.15, 0.2) is 0 Å². The molecule has 0 radical (unpaired) electrons. The topological polar surface area (TPSA) is 72.9 Å². The fourth-order valence-electron chi connectivity index (χ4n) is 2.83. The molecule has 0 aliphatic heterocycles. The normalized spacial score (nSPS) is 18.5. The van der Waals surface area contributed by atoms with Crippen LogP contribution in [0.5, 0.6) is 0 Å². The highest BCUT2D eigenvalue weighted by atomic mass is 16.2. The number of nitrogens with zero attached hydrogens (tertiary/aromatic N) is 2. The van der Waals surface area contributed by atoms with Gasteiger partial charge in [-0.15, -0.1) is 0 Å². The number of hydrogen-bond acceptors (Lipinski definition) is 3. The van der Waals surface area contributed by atoms with Gasteiger partial charge in [-0.25, -0.2) is 4.68 Å². The van der Waals surface area contributed by atoms with E-state index in [0.717, 1.165) is 31.5 Å². The van der Waals surface area contributed by atoms with Crippen LogP contribution in [0.1, 0.15) is 52.0 Å². The van der Waals surface area contributed by atoms with Crippen LogP contribution in [0, 0.1) is 5.41 Å². The van der Waals surface area contributed by atoms with E-state index in [2.05, 4.69) is 10.4 Å². The largest absolute Gasteiger partial charge is 0.329 e. The molecular formula is C14H24N4O. The molecule has 19 heavy (non-hydrogen) atoms. The lowest BCUT2D eigenvalue weighted by Crippen LogP contribution is -2.44. The first-order valence-corrected chi connectivity index (χ1v) is 7.14. The van der Waals surface area contributed by atoms with Crippen LogP contribution in [-0.4, -0.2) is 22.2 Å². The number of hydrogen-bond donors (Lipinski definition) is 2. The van der Waals surface area contributed by atoms with E-state index < -0.39 is 0 Å². The zero-order chi connectivity index (χ0) is 13.9. The van der Waals surface area contributed by atoms with Gasteiger partial charge in [-0.1, -0.05) is 19.3 Å². The lowest BCUT2D eigenvalue weighted by Gasteiger charge is -2.34. The summed E-state index contributed by atoms with van der Waals surface area (Å²) in [5.41, 5.74) is 5.50. The summed E-state index contributed by atoms with van der Waals surface area (Å²) in [5, 5.41) is 7.25. The van der Waals surface area contributed by atoms with Crippen molar-refractivity contribution in [3.8, 4) is 0 Å². The summed E-state index contributed by atoms with van der Waals surface area (Å²) >= 11 is 0. The molecule has 1 saturated carbocycles. The number of carbonyl (C=O) groups excluding carboxylic acids is 1. The van der Waals surface area contributed by atoms with Crippen LogP contribution >= 0.6 is 0 Å². The van der Waals surface area contributed by atoms with Gasteiger partial charge in [0.05, 0.1) is 11.6 Å². The van der Waals surface area contributed by atoms with Crippen molar-refractivity contribution in [2.24, 2.45) is 11.1 Å². The van der Waals surface area contributed by atoms with Crippen molar-refractivity contribution in [2.45, 2.75) is 52.0 Å². The molecule has 1 heterocycles. The van der Waals surface area contributed by atoms with Gasteiger partial charge in [0.25, 0.3) is 0 Å². The van der Waals surface area contributed by atoms with E-state index in [0.29, 0.717) is 6.54 Å². The Bertz CT molecular complexity index is 432. The second-order valence-corrected chi connectivity index (χ2v) is 5.75. The SMILES string of the molecule is CC(C)n1nccc1NC(=O)C1(CN)CCCCC1. The summed E-state index contributed by atoms with van der Waals surface area (Å²) in [4.78, 5) is 12.6. The summed E-state index contributed by atoms with van der Waals surface area (Å²) in [6, 6.07) is 2.07. The van der Waals surface area contributed by atoms with Crippen molar-refractivity contribution >= 4 is 11.7 Å². The molecule has 106 valence electrons. The standard InChI is InChI=1S/C14H24N4O/c1-11(2)18-12(6-9-16-18)17-13(19)14(10-15)7-4-3-5-8-14/h6,9,11H,3-5,7-8,10,15H2,1-2H3,(H,17,19). The van der Waals surface area contributed by atoms with E-state index in [1.54, 1.807) is 6.20 Å². The Balaban J connectivity index is 2.13. The Kier molecular flexibility index (Phi) is 4.24. The molecule has 0 spiro atoms. The van der Waals surface area contributed by atoms with E-state index in [-0.39, 0.29) is 17.4 Å². The van der Waals surface area contributed by atoms with Crippen LogP contribution in [0.25, 0.3) is 0 Å². The van der Waals surface area contributed by atoms with Gasteiger partial charge in [-0.05, 0) is 26.7 Å². The molecule has 0 aromatic carbocycles. The molecule has 3 N–H and O–H groups in total. The van der Waals surface area contributed by atoms with Crippen LogP contribution in [0.4, 0.5) is 5.82 Å². The van der Waals surface area contributed by atoms with Crippen molar-refractivity contribution in [1.29, 1.82) is 0 Å². The highest BCUT2D eigenvalue weighted by Crippen LogP contribution is 2.36. The molecule has 1 aliphatic carbocycles. The first-order valence-electron chi connectivity index (χ1n) is 7.14. The molecule has 1 aliphatic rings. The first kappa shape index (κ1) is 14.1. The molecule has 1 fully saturated rings.